The van der Waals surface area contributed by atoms with E-state index in [1.54, 1.807) is 73.7 Å². The van der Waals surface area contributed by atoms with Crippen LogP contribution in [-0.2, 0) is 20.1 Å². The normalized spacial score (nSPS) is 20.7. The highest BCUT2D eigenvalue weighted by Crippen LogP contribution is 2.49. The first-order chi connectivity index (χ1) is 18.4. The molecule has 1 aliphatic rings. The van der Waals surface area contributed by atoms with E-state index < -0.39 is 23.5 Å². The Kier molecular flexibility index (Phi) is 8.41. The topological polar surface area (TPSA) is 134 Å². The van der Waals surface area contributed by atoms with Gasteiger partial charge >= 0.3 is 5.97 Å². The number of methoxy groups -OCH3 is 1. The maximum absolute atomic E-state index is 13.3. The zero-order chi connectivity index (χ0) is 27.1. The fourth-order valence-corrected chi connectivity index (χ4v) is 5.30. The summed E-state index contributed by atoms with van der Waals surface area (Å²) in [5, 5.41) is 28.3. The van der Waals surface area contributed by atoms with Gasteiger partial charge < -0.3 is 29.6 Å². The summed E-state index contributed by atoms with van der Waals surface area (Å²) in [6.45, 7) is 1.75. The van der Waals surface area contributed by atoms with Gasteiger partial charge in [-0.15, -0.1) is 0 Å². The van der Waals surface area contributed by atoms with Crippen LogP contribution >= 0.6 is 11.8 Å². The minimum Gasteiger partial charge on any atom is -0.497 e. The van der Waals surface area contributed by atoms with Crippen molar-refractivity contribution in [2.45, 2.75) is 18.6 Å². The Morgan fingerprint density at radius 1 is 1.18 bits per heavy atom. The second-order valence-corrected chi connectivity index (χ2v) is 9.39. The summed E-state index contributed by atoms with van der Waals surface area (Å²) in [6.07, 6.45) is 1.44. The monoisotopic (exact) mass is 533 g/mol. The van der Waals surface area contributed by atoms with Gasteiger partial charge in [-0.3, -0.25) is 9.59 Å². The number of hydrogen-bond acceptors (Lipinski definition) is 9. The SMILES string of the molecule is CCOC(=O)[C@H]1[C@H](c2ccco2)C(C#N)=C(SCC(=O)Nc2cccc(OC)c2)N[C@]1(O)c1ccccc1. The number of amides is 1. The van der Waals surface area contributed by atoms with Crippen LogP contribution in [0.25, 0.3) is 0 Å². The molecule has 9 nitrogen and oxygen atoms in total. The van der Waals surface area contributed by atoms with E-state index in [4.69, 9.17) is 13.9 Å². The molecule has 0 unspecified atom stereocenters. The Balaban J connectivity index is 1.72. The number of nitrogens with zero attached hydrogens (tertiary/aromatic N) is 1. The highest BCUT2D eigenvalue weighted by molar-refractivity contribution is 8.03. The molecule has 196 valence electrons. The van der Waals surface area contributed by atoms with Crippen molar-refractivity contribution in [3.05, 3.63) is 94.9 Å². The summed E-state index contributed by atoms with van der Waals surface area (Å²) in [5.74, 6) is -2.41. The van der Waals surface area contributed by atoms with Gasteiger partial charge in [0.25, 0.3) is 0 Å². The first-order valence-corrected chi connectivity index (χ1v) is 12.9. The van der Waals surface area contributed by atoms with Crippen molar-refractivity contribution in [2.75, 3.05) is 24.8 Å². The van der Waals surface area contributed by atoms with Crippen molar-refractivity contribution < 1.29 is 28.6 Å². The highest BCUT2D eigenvalue weighted by Gasteiger charge is 2.55. The second-order valence-electron chi connectivity index (χ2n) is 8.40. The van der Waals surface area contributed by atoms with E-state index in [0.717, 1.165) is 11.8 Å². The number of nitrogens with one attached hydrogen (secondary N) is 2. The van der Waals surface area contributed by atoms with Crippen molar-refractivity contribution in [3.8, 4) is 11.8 Å². The fraction of sp³-hybridized carbons (Fsp3) is 0.250. The van der Waals surface area contributed by atoms with Crippen LogP contribution in [0.5, 0.6) is 5.75 Å². The molecule has 1 aliphatic heterocycles. The molecule has 3 aromatic rings. The molecular weight excluding hydrogens is 506 g/mol. The molecule has 3 atom stereocenters. The number of anilines is 1. The third-order valence-electron chi connectivity index (χ3n) is 6.07. The maximum Gasteiger partial charge on any atom is 0.315 e. The lowest BCUT2D eigenvalue weighted by atomic mass is 9.73. The van der Waals surface area contributed by atoms with Gasteiger partial charge in [-0.25, -0.2) is 0 Å². The van der Waals surface area contributed by atoms with E-state index in [1.807, 2.05) is 0 Å². The molecule has 0 bridgehead atoms. The Labute approximate surface area is 224 Å². The molecule has 0 spiro atoms. The van der Waals surface area contributed by atoms with Crippen LogP contribution in [0.2, 0.25) is 0 Å². The lowest BCUT2D eigenvalue weighted by Crippen LogP contribution is -2.56. The molecule has 2 heterocycles. The highest BCUT2D eigenvalue weighted by atomic mass is 32.2. The largest absolute Gasteiger partial charge is 0.497 e. The van der Waals surface area contributed by atoms with Gasteiger partial charge in [-0.1, -0.05) is 48.2 Å². The molecule has 0 saturated heterocycles. The third kappa shape index (κ3) is 5.54. The summed E-state index contributed by atoms with van der Waals surface area (Å²) in [4.78, 5) is 26.1. The van der Waals surface area contributed by atoms with Crippen molar-refractivity contribution in [1.82, 2.24) is 5.32 Å². The average Bonchev–Trinajstić information content (AvgIpc) is 3.47. The van der Waals surface area contributed by atoms with E-state index in [1.165, 1.54) is 13.4 Å². The van der Waals surface area contributed by atoms with Gasteiger partial charge in [0.2, 0.25) is 5.91 Å². The van der Waals surface area contributed by atoms with E-state index in [9.17, 15) is 20.0 Å². The zero-order valence-electron chi connectivity index (χ0n) is 20.8. The molecule has 10 heteroatoms. The van der Waals surface area contributed by atoms with Gasteiger partial charge in [-0.05, 0) is 31.2 Å². The van der Waals surface area contributed by atoms with Crippen LogP contribution in [0.4, 0.5) is 5.69 Å². The predicted octanol–water partition coefficient (Wildman–Crippen LogP) is 4.11. The second kappa shape index (κ2) is 11.9. The minimum absolute atomic E-state index is 0.0788. The summed E-state index contributed by atoms with van der Waals surface area (Å²) < 4.78 is 16.2. The first-order valence-electron chi connectivity index (χ1n) is 11.9. The number of esters is 1. The lowest BCUT2D eigenvalue weighted by molar-refractivity contribution is -0.164. The van der Waals surface area contributed by atoms with Crippen LogP contribution < -0.4 is 15.4 Å². The van der Waals surface area contributed by atoms with Crippen molar-refractivity contribution in [2.24, 2.45) is 5.92 Å². The molecule has 0 saturated carbocycles. The van der Waals surface area contributed by atoms with E-state index in [0.29, 0.717) is 22.8 Å². The molecule has 2 aromatic carbocycles. The van der Waals surface area contributed by atoms with Crippen LogP contribution in [0.3, 0.4) is 0 Å². The molecule has 0 fully saturated rings. The number of ether oxygens (including phenoxy) is 2. The number of carbonyl (C=O) groups is 2. The fourth-order valence-electron chi connectivity index (χ4n) is 4.39. The Morgan fingerprint density at radius 3 is 2.63 bits per heavy atom. The van der Waals surface area contributed by atoms with Crippen LogP contribution in [0.15, 0.2) is 88.0 Å². The van der Waals surface area contributed by atoms with Crippen molar-refractivity contribution >= 4 is 29.3 Å². The number of thioether (sulfide) groups is 1. The third-order valence-corrected chi connectivity index (χ3v) is 7.09. The Hall–Kier alpha value is -4.20. The number of benzene rings is 2. The molecule has 0 aliphatic carbocycles. The zero-order valence-corrected chi connectivity index (χ0v) is 21.7. The molecule has 0 radical (unpaired) electrons. The van der Waals surface area contributed by atoms with Crippen LogP contribution in [-0.4, -0.2) is 36.5 Å². The quantitative estimate of drug-likeness (QED) is 0.348. The summed E-state index contributed by atoms with van der Waals surface area (Å²) >= 11 is 1.04. The Morgan fingerprint density at radius 2 is 1.97 bits per heavy atom. The summed E-state index contributed by atoms with van der Waals surface area (Å²) in [5.41, 5.74) is -0.863. The summed E-state index contributed by atoms with van der Waals surface area (Å²) in [7, 11) is 1.54. The van der Waals surface area contributed by atoms with E-state index in [-0.39, 0.29) is 28.9 Å². The van der Waals surface area contributed by atoms with Gasteiger partial charge in [0.15, 0.2) is 5.72 Å². The van der Waals surface area contributed by atoms with Crippen LogP contribution in [0, 0.1) is 17.2 Å². The van der Waals surface area contributed by atoms with Gasteiger partial charge in [0.1, 0.15) is 17.4 Å². The smallest absolute Gasteiger partial charge is 0.315 e. The van der Waals surface area contributed by atoms with Gasteiger partial charge in [-0.2, -0.15) is 5.26 Å². The van der Waals surface area contributed by atoms with Crippen molar-refractivity contribution in [3.63, 3.8) is 0 Å². The number of carbonyl (C=O) groups excluding carboxylic acids is 2. The number of nitriles is 1. The molecule has 1 amide bonds. The van der Waals surface area contributed by atoms with Crippen LogP contribution in [0.1, 0.15) is 24.2 Å². The van der Waals surface area contributed by atoms with E-state index in [2.05, 4.69) is 16.7 Å². The maximum atomic E-state index is 13.3. The molecule has 4 rings (SSSR count). The minimum atomic E-state index is -1.96. The number of allylic oxidation sites excluding steroid dienone is 1. The number of aliphatic hydroxyl groups is 1. The molecule has 3 N–H and O–H groups in total. The number of hydrogen-bond donors (Lipinski definition) is 3. The number of rotatable bonds is 9. The lowest BCUT2D eigenvalue weighted by Gasteiger charge is -2.44. The predicted molar refractivity (Wildman–Crippen MR) is 142 cm³/mol. The van der Waals surface area contributed by atoms with E-state index >= 15 is 0 Å². The molecule has 1 aromatic heterocycles. The van der Waals surface area contributed by atoms with Gasteiger partial charge in [0.05, 0.1) is 48.3 Å². The molecular formula is C28H27N3O6S. The van der Waals surface area contributed by atoms with Crippen molar-refractivity contribution in [1.29, 1.82) is 5.26 Å². The Bertz CT molecular complexity index is 1350. The summed E-state index contributed by atoms with van der Waals surface area (Å²) in [6, 6.07) is 21.0. The number of furan rings is 1. The van der Waals surface area contributed by atoms with Gasteiger partial charge in [0, 0.05) is 17.3 Å². The first kappa shape index (κ1) is 26.9. The standard InChI is InChI=1S/C28H27N3O6S/c1-3-36-27(33)25-24(22-13-8-14-37-22)21(16-29)26(31-28(25,34)18-9-5-4-6-10-18)38-17-23(32)30-19-11-7-12-20(15-19)35-2/h4-15,24-25,31,34H,3,17H2,1-2H3,(H,30,32)/t24-,25+,28-/m0/s1. The molecule has 38 heavy (non-hydrogen) atoms. The average molecular weight is 534 g/mol.